The van der Waals surface area contributed by atoms with E-state index in [1.54, 1.807) is 12.1 Å². The predicted molar refractivity (Wildman–Crippen MR) is 72.0 cm³/mol. The van der Waals surface area contributed by atoms with Crippen molar-refractivity contribution in [1.29, 1.82) is 0 Å². The number of carbonyl (C=O) groups excluding carboxylic acids is 1. The molecule has 19 heavy (non-hydrogen) atoms. The van der Waals surface area contributed by atoms with E-state index in [2.05, 4.69) is 0 Å². The van der Waals surface area contributed by atoms with E-state index in [9.17, 15) is 13.4 Å². The number of benzene rings is 1. The Morgan fingerprint density at radius 2 is 1.89 bits per heavy atom. The van der Waals surface area contributed by atoms with Gasteiger partial charge in [0.1, 0.15) is 11.6 Å². The van der Waals surface area contributed by atoms with E-state index >= 15 is 0 Å². The first-order valence-corrected chi connectivity index (χ1v) is 7.74. The fraction of sp³-hybridized carbons (Fsp3) is 0.500. The van der Waals surface area contributed by atoms with Gasteiger partial charge in [0.25, 0.3) is 0 Å². The highest BCUT2D eigenvalue weighted by Crippen LogP contribution is 2.14. The molecular weight excluding hydrogens is 267 g/mol. The van der Waals surface area contributed by atoms with Gasteiger partial charge in [-0.1, -0.05) is 12.1 Å². The summed E-state index contributed by atoms with van der Waals surface area (Å²) in [6.07, 6.45) is 1.74. The Kier molecular flexibility index (Phi) is 5.22. The molecule has 3 nitrogen and oxygen atoms in total. The molecule has 1 saturated heterocycles. The van der Waals surface area contributed by atoms with Crippen LogP contribution in [-0.4, -0.2) is 34.2 Å². The van der Waals surface area contributed by atoms with Gasteiger partial charge >= 0.3 is 0 Å². The van der Waals surface area contributed by atoms with Gasteiger partial charge in [-0.2, -0.15) is 0 Å². The van der Waals surface area contributed by atoms with Gasteiger partial charge in [-0.25, -0.2) is 4.39 Å². The van der Waals surface area contributed by atoms with Gasteiger partial charge in [-0.05, 0) is 30.5 Å². The van der Waals surface area contributed by atoms with E-state index in [0.717, 1.165) is 18.4 Å². The molecule has 104 valence electrons. The Labute approximate surface area is 114 Å². The molecule has 1 unspecified atom stereocenters. The Morgan fingerprint density at radius 1 is 1.26 bits per heavy atom. The van der Waals surface area contributed by atoms with Crippen LogP contribution >= 0.6 is 0 Å². The lowest BCUT2D eigenvalue weighted by Gasteiger charge is -2.20. The third-order valence-corrected chi connectivity index (χ3v) is 4.98. The Balaban J connectivity index is 1.83. The van der Waals surface area contributed by atoms with Crippen molar-refractivity contribution in [1.82, 2.24) is 0 Å². The van der Waals surface area contributed by atoms with Crippen LogP contribution in [0.1, 0.15) is 18.4 Å². The largest absolute Gasteiger partial charge is 0.381 e. The molecule has 0 radical (unpaired) electrons. The quantitative estimate of drug-likeness (QED) is 0.829. The van der Waals surface area contributed by atoms with E-state index < -0.39 is 10.8 Å². The van der Waals surface area contributed by atoms with Crippen LogP contribution in [0.3, 0.4) is 0 Å². The van der Waals surface area contributed by atoms with Crippen molar-refractivity contribution in [2.75, 3.05) is 19.0 Å². The standard InChI is InChI=1S/C14H17FO3S/c15-12-3-1-11(2-4-12)9-13(16)10-19(17)14-5-7-18-8-6-14/h1-4,14H,5-10H2. The summed E-state index contributed by atoms with van der Waals surface area (Å²) in [5.74, 6) is -0.291. The monoisotopic (exact) mass is 284 g/mol. The molecule has 0 aromatic heterocycles. The Morgan fingerprint density at radius 3 is 2.53 bits per heavy atom. The molecular formula is C14H17FO3S. The molecule has 0 amide bonds. The third kappa shape index (κ3) is 4.51. The van der Waals surface area contributed by atoms with Crippen LogP contribution < -0.4 is 0 Å². The van der Waals surface area contributed by atoms with Crippen molar-refractivity contribution in [3.05, 3.63) is 35.6 Å². The average Bonchev–Trinajstić information content (AvgIpc) is 2.42. The fourth-order valence-corrected chi connectivity index (χ4v) is 3.47. The van der Waals surface area contributed by atoms with E-state index in [1.807, 2.05) is 0 Å². The minimum Gasteiger partial charge on any atom is -0.381 e. The minimum absolute atomic E-state index is 0.0589. The molecule has 2 rings (SSSR count). The van der Waals surface area contributed by atoms with Gasteiger partial charge in [0.2, 0.25) is 0 Å². The second-order valence-corrected chi connectivity index (χ2v) is 6.40. The summed E-state index contributed by atoms with van der Waals surface area (Å²) in [4.78, 5) is 11.8. The fourth-order valence-electron chi connectivity index (χ4n) is 2.10. The van der Waals surface area contributed by atoms with Crippen LogP contribution in [0.5, 0.6) is 0 Å². The van der Waals surface area contributed by atoms with E-state index in [4.69, 9.17) is 4.74 Å². The van der Waals surface area contributed by atoms with Crippen LogP contribution in [0.25, 0.3) is 0 Å². The summed E-state index contributed by atoms with van der Waals surface area (Å²) in [6, 6.07) is 5.84. The molecule has 1 fully saturated rings. The number of ketones is 1. The molecule has 1 aromatic carbocycles. The van der Waals surface area contributed by atoms with Gasteiger partial charge in [-0.15, -0.1) is 0 Å². The van der Waals surface area contributed by atoms with Gasteiger partial charge < -0.3 is 4.74 Å². The first kappa shape index (κ1) is 14.3. The van der Waals surface area contributed by atoms with Crippen molar-refractivity contribution < 1.29 is 18.1 Å². The molecule has 1 aliphatic rings. The zero-order chi connectivity index (χ0) is 13.7. The number of carbonyl (C=O) groups is 1. The van der Waals surface area contributed by atoms with E-state index in [0.29, 0.717) is 13.2 Å². The first-order valence-electron chi connectivity index (χ1n) is 6.36. The molecule has 0 saturated carbocycles. The molecule has 1 atom stereocenters. The molecule has 1 aliphatic heterocycles. The van der Waals surface area contributed by atoms with E-state index in [1.165, 1.54) is 12.1 Å². The van der Waals surface area contributed by atoms with Crippen molar-refractivity contribution in [3.63, 3.8) is 0 Å². The number of ether oxygens (including phenoxy) is 1. The summed E-state index contributed by atoms with van der Waals surface area (Å²) < 4.78 is 30.0. The lowest BCUT2D eigenvalue weighted by Crippen LogP contribution is -2.29. The summed E-state index contributed by atoms with van der Waals surface area (Å²) in [7, 11) is -1.12. The van der Waals surface area contributed by atoms with Crippen LogP contribution in [0.4, 0.5) is 4.39 Å². The van der Waals surface area contributed by atoms with Crippen LogP contribution in [0.2, 0.25) is 0 Å². The zero-order valence-electron chi connectivity index (χ0n) is 10.6. The number of hydrogen-bond donors (Lipinski definition) is 0. The topological polar surface area (TPSA) is 43.4 Å². The van der Waals surface area contributed by atoms with Crippen molar-refractivity contribution in [2.45, 2.75) is 24.5 Å². The average molecular weight is 284 g/mol. The highest BCUT2D eigenvalue weighted by atomic mass is 32.2. The molecule has 1 aromatic rings. The van der Waals surface area contributed by atoms with Crippen LogP contribution in [0.15, 0.2) is 24.3 Å². The maximum atomic E-state index is 12.7. The summed E-state index contributed by atoms with van der Waals surface area (Å²) in [6.45, 7) is 1.26. The lowest BCUT2D eigenvalue weighted by molar-refractivity contribution is -0.116. The minimum atomic E-state index is -1.12. The normalized spacial score (nSPS) is 18.2. The number of hydrogen-bond acceptors (Lipinski definition) is 3. The third-order valence-electron chi connectivity index (χ3n) is 3.16. The maximum absolute atomic E-state index is 12.7. The van der Waals surface area contributed by atoms with E-state index in [-0.39, 0.29) is 29.0 Å². The van der Waals surface area contributed by atoms with Crippen molar-refractivity contribution in [3.8, 4) is 0 Å². The smallest absolute Gasteiger partial charge is 0.149 e. The number of halogens is 1. The van der Waals surface area contributed by atoms with Gasteiger partial charge in [-0.3, -0.25) is 9.00 Å². The SMILES string of the molecule is O=C(Cc1ccc(F)cc1)CS(=O)C1CCOCC1. The first-order chi connectivity index (χ1) is 9.15. The second kappa shape index (κ2) is 6.91. The highest BCUT2D eigenvalue weighted by Gasteiger charge is 2.22. The van der Waals surface area contributed by atoms with Crippen molar-refractivity contribution in [2.24, 2.45) is 0 Å². The van der Waals surface area contributed by atoms with Crippen molar-refractivity contribution >= 4 is 16.6 Å². The zero-order valence-corrected chi connectivity index (χ0v) is 11.5. The summed E-state index contributed by atoms with van der Waals surface area (Å²) >= 11 is 0. The number of Topliss-reactive ketones (excluding diaryl/α,β-unsaturated/α-hetero) is 1. The Bertz CT molecular complexity index is 452. The molecule has 0 N–H and O–H groups in total. The molecule has 0 bridgehead atoms. The molecule has 5 heteroatoms. The Hall–Kier alpha value is -1.07. The van der Waals surface area contributed by atoms with Gasteiger partial charge in [0, 0.05) is 35.7 Å². The second-order valence-electron chi connectivity index (χ2n) is 4.68. The summed E-state index contributed by atoms with van der Waals surface area (Å²) in [5.41, 5.74) is 0.760. The summed E-state index contributed by atoms with van der Waals surface area (Å²) in [5, 5.41) is 0.0749. The lowest BCUT2D eigenvalue weighted by atomic mass is 10.1. The van der Waals surface area contributed by atoms with Crippen LogP contribution in [-0.2, 0) is 26.8 Å². The molecule has 0 spiro atoms. The molecule has 0 aliphatic carbocycles. The van der Waals surface area contributed by atoms with Gasteiger partial charge in [0.15, 0.2) is 0 Å². The molecule has 1 heterocycles. The van der Waals surface area contributed by atoms with Gasteiger partial charge in [0.05, 0.1) is 5.75 Å². The number of rotatable bonds is 5. The highest BCUT2D eigenvalue weighted by molar-refractivity contribution is 7.86. The maximum Gasteiger partial charge on any atom is 0.149 e. The van der Waals surface area contributed by atoms with Crippen LogP contribution in [0, 0.1) is 5.82 Å². The predicted octanol–water partition coefficient (Wildman–Crippen LogP) is 1.86.